The number of likely N-dealkylation sites (N-methyl/N-ethyl adjacent to an activating group) is 1. The second kappa shape index (κ2) is 11.4. The number of para-hydroxylation sites is 3. The van der Waals surface area contributed by atoms with Gasteiger partial charge in [-0.2, -0.15) is 0 Å². The molecule has 1 aliphatic rings. The van der Waals surface area contributed by atoms with E-state index in [1.54, 1.807) is 54.4 Å². The van der Waals surface area contributed by atoms with Crippen LogP contribution in [-0.4, -0.2) is 31.7 Å². The SMILES string of the molecule is COc1ccccc1OC(=O)Nc1ccccc1-c1ccc2c(c1COc1cc(F)ccc1C)N(C)C(=O)C(C)(C)N2. The molecule has 0 aliphatic carbocycles. The molecule has 0 unspecified atom stereocenters. The first-order valence-corrected chi connectivity index (χ1v) is 13.4. The molecule has 216 valence electrons. The Balaban J connectivity index is 1.56. The molecule has 0 aromatic heterocycles. The molecule has 0 atom stereocenters. The van der Waals surface area contributed by atoms with E-state index in [-0.39, 0.29) is 18.3 Å². The molecular weight excluding hydrogens is 537 g/mol. The van der Waals surface area contributed by atoms with Crippen molar-refractivity contribution in [1.29, 1.82) is 0 Å². The Labute approximate surface area is 244 Å². The number of carbonyl (C=O) groups excluding carboxylic acids is 2. The predicted molar refractivity (Wildman–Crippen MR) is 161 cm³/mol. The molecule has 1 heterocycles. The Bertz CT molecular complexity index is 1670. The lowest BCUT2D eigenvalue weighted by Crippen LogP contribution is -2.52. The minimum absolute atomic E-state index is 0.0303. The van der Waals surface area contributed by atoms with Gasteiger partial charge in [-0.3, -0.25) is 10.1 Å². The topological polar surface area (TPSA) is 89.1 Å². The van der Waals surface area contributed by atoms with E-state index in [9.17, 15) is 14.0 Å². The highest BCUT2D eigenvalue weighted by molar-refractivity contribution is 6.09. The van der Waals surface area contributed by atoms with E-state index in [4.69, 9.17) is 14.2 Å². The van der Waals surface area contributed by atoms with Crippen LogP contribution in [0.3, 0.4) is 0 Å². The van der Waals surface area contributed by atoms with Crippen molar-refractivity contribution in [2.45, 2.75) is 32.9 Å². The number of methoxy groups -OCH3 is 1. The van der Waals surface area contributed by atoms with Crippen molar-refractivity contribution in [3.05, 3.63) is 95.8 Å². The van der Waals surface area contributed by atoms with Crippen LogP contribution in [-0.2, 0) is 11.4 Å². The number of rotatable bonds is 7. The number of aryl methyl sites for hydroxylation is 1. The summed E-state index contributed by atoms with van der Waals surface area (Å²) in [6, 6.07) is 22.3. The molecule has 42 heavy (non-hydrogen) atoms. The quantitative estimate of drug-likeness (QED) is 0.245. The smallest absolute Gasteiger partial charge is 0.417 e. The molecule has 0 radical (unpaired) electrons. The van der Waals surface area contributed by atoms with E-state index in [1.807, 2.05) is 45.0 Å². The second-order valence-electron chi connectivity index (χ2n) is 10.5. The monoisotopic (exact) mass is 569 g/mol. The summed E-state index contributed by atoms with van der Waals surface area (Å²) in [5.41, 5.74) is 3.91. The molecule has 8 nitrogen and oxygen atoms in total. The molecule has 4 aromatic carbocycles. The van der Waals surface area contributed by atoms with E-state index in [0.717, 1.165) is 16.8 Å². The lowest BCUT2D eigenvalue weighted by Gasteiger charge is -2.39. The maximum Gasteiger partial charge on any atom is 0.417 e. The normalized spacial score (nSPS) is 13.6. The van der Waals surface area contributed by atoms with E-state index >= 15 is 0 Å². The third-order valence-electron chi connectivity index (χ3n) is 7.15. The number of ether oxygens (including phenoxy) is 3. The lowest BCUT2D eigenvalue weighted by molar-refractivity contribution is -0.121. The van der Waals surface area contributed by atoms with E-state index < -0.39 is 17.4 Å². The lowest BCUT2D eigenvalue weighted by atomic mass is 9.91. The fraction of sp³-hybridized carbons (Fsp3) is 0.212. The number of carbonyl (C=O) groups is 2. The fourth-order valence-electron chi connectivity index (χ4n) is 5.07. The van der Waals surface area contributed by atoms with Crippen molar-refractivity contribution < 1.29 is 28.2 Å². The molecule has 0 fully saturated rings. The Morgan fingerprint density at radius 3 is 2.43 bits per heavy atom. The van der Waals surface area contributed by atoms with Crippen molar-refractivity contribution in [2.24, 2.45) is 0 Å². The average Bonchev–Trinajstić information content (AvgIpc) is 2.96. The van der Waals surface area contributed by atoms with Crippen LogP contribution in [0.5, 0.6) is 17.2 Å². The summed E-state index contributed by atoms with van der Waals surface area (Å²) < 4.78 is 31.1. The minimum Gasteiger partial charge on any atom is -0.493 e. The Morgan fingerprint density at radius 2 is 1.67 bits per heavy atom. The summed E-state index contributed by atoms with van der Waals surface area (Å²) >= 11 is 0. The van der Waals surface area contributed by atoms with Crippen LogP contribution in [0.1, 0.15) is 25.0 Å². The van der Waals surface area contributed by atoms with Crippen LogP contribution >= 0.6 is 0 Å². The van der Waals surface area contributed by atoms with Crippen molar-refractivity contribution in [2.75, 3.05) is 29.7 Å². The van der Waals surface area contributed by atoms with Crippen molar-refractivity contribution in [1.82, 2.24) is 0 Å². The average molecular weight is 570 g/mol. The highest BCUT2D eigenvalue weighted by atomic mass is 19.1. The number of benzene rings is 4. The minimum atomic E-state index is -0.817. The predicted octanol–water partition coefficient (Wildman–Crippen LogP) is 7.17. The first kappa shape index (κ1) is 28.5. The first-order valence-electron chi connectivity index (χ1n) is 13.4. The van der Waals surface area contributed by atoms with Crippen molar-refractivity contribution in [3.8, 4) is 28.4 Å². The molecule has 9 heteroatoms. The number of amides is 2. The molecule has 1 aliphatic heterocycles. The Kier molecular flexibility index (Phi) is 7.76. The van der Waals surface area contributed by atoms with E-state index in [0.29, 0.717) is 34.0 Å². The fourth-order valence-corrected chi connectivity index (χ4v) is 5.07. The maximum absolute atomic E-state index is 14.1. The molecule has 5 rings (SSSR count). The van der Waals surface area contributed by atoms with Gasteiger partial charge in [-0.25, -0.2) is 9.18 Å². The van der Waals surface area contributed by atoms with Gasteiger partial charge in [0.2, 0.25) is 0 Å². The van der Waals surface area contributed by atoms with Gasteiger partial charge in [0.1, 0.15) is 23.7 Å². The summed E-state index contributed by atoms with van der Waals surface area (Å²) in [4.78, 5) is 27.9. The highest BCUT2D eigenvalue weighted by Gasteiger charge is 2.38. The molecule has 0 spiro atoms. The summed E-state index contributed by atoms with van der Waals surface area (Å²) in [5, 5.41) is 6.17. The number of hydrogen-bond acceptors (Lipinski definition) is 6. The number of hydrogen-bond donors (Lipinski definition) is 2. The zero-order valence-electron chi connectivity index (χ0n) is 24.1. The van der Waals surface area contributed by atoms with Crippen LogP contribution in [0, 0.1) is 12.7 Å². The highest BCUT2D eigenvalue weighted by Crippen LogP contribution is 2.44. The molecule has 2 N–H and O–H groups in total. The summed E-state index contributed by atoms with van der Waals surface area (Å²) in [7, 11) is 3.22. The van der Waals surface area contributed by atoms with Crippen molar-refractivity contribution >= 4 is 29.1 Å². The van der Waals surface area contributed by atoms with Gasteiger partial charge in [0.25, 0.3) is 5.91 Å². The summed E-state index contributed by atoms with van der Waals surface area (Å²) in [5.74, 6) is 0.554. The van der Waals surface area contributed by atoms with Gasteiger partial charge in [0.15, 0.2) is 11.5 Å². The summed E-state index contributed by atoms with van der Waals surface area (Å²) in [6.07, 6.45) is -0.700. The van der Waals surface area contributed by atoms with Gasteiger partial charge < -0.3 is 24.4 Å². The largest absolute Gasteiger partial charge is 0.493 e. The first-order chi connectivity index (χ1) is 20.1. The number of anilines is 3. The number of fused-ring (bicyclic) bond motifs is 1. The van der Waals surface area contributed by atoms with Crippen LogP contribution < -0.4 is 29.7 Å². The van der Waals surface area contributed by atoms with Gasteiger partial charge in [-0.15, -0.1) is 0 Å². The van der Waals surface area contributed by atoms with Crippen LogP contribution in [0.2, 0.25) is 0 Å². The number of nitrogens with one attached hydrogen (secondary N) is 2. The third kappa shape index (κ3) is 5.58. The van der Waals surface area contributed by atoms with E-state index in [2.05, 4.69) is 10.6 Å². The Hall–Kier alpha value is -5.05. The number of nitrogens with zero attached hydrogens (tertiary/aromatic N) is 1. The zero-order chi connectivity index (χ0) is 30.0. The Morgan fingerprint density at radius 1 is 0.952 bits per heavy atom. The molecule has 0 bridgehead atoms. The van der Waals surface area contributed by atoms with Gasteiger partial charge >= 0.3 is 6.09 Å². The molecular formula is C33H32FN3O5. The van der Waals surface area contributed by atoms with Gasteiger partial charge in [0, 0.05) is 24.2 Å². The molecule has 0 saturated heterocycles. The standard InChI is InChI=1S/C33H32FN3O5/c1-20-14-15-21(34)18-29(20)41-19-24-22(16-17-26-30(24)37(4)31(38)33(2,3)36-26)23-10-6-7-11-25(23)35-32(39)42-28-13-9-8-12-27(28)40-5/h6-18,36H,19H2,1-5H3,(H,35,39). The third-order valence-corrected chi connectivity index (χ3v) is 7.15. The zero-order valence-corrected chi connectivity index (χ0v) is 24.1. The number of halogens is 1. The van der Waals surface area contributed by atoms with Crippen molar-refractivity contribution in [3.63, 3.8) is 0 Å². The van der Waals surface area contributed by atoms with Crippen LogP contribution in [0.4, 0.5) is 26.2 Å². The van der Waals surface area contributed by atoms with E-state index in [1.165, 1.54) is 19.2 Å². The molecule has 4 aromatic rings. The van der Waals surface area contributed by atoms with Gasteiger partial charge in [-0.05, 0) is 62.2 Å². The second-order valence-corrected chi connectivity index (χ2v) is 10.5. The molecule has 2 amide bonds. The van der Waals surface area contributed by atoms with Crippen LogP contribution in [0.15, 0.2) is 78.9 Å². The molecule has 0 saturated carbocycles. The van der Waals surface area contributed by atoms with Gasteiger partial charge in [0.05, 0.1) is 24.2 Å². The maximum atomic E-state index is 14.1. The van der Waals surface area contributed by atoms with Gasteiger partial charge in [-0.1, -0.05) is 42.5 Å². The summed E-state index contributed by atoms with van der Waals surface area (Å²) in [6.45, 7) is 5.51. The van der Waals surface area contributed by atoms with Crippen LogP contribution in [0.25, 0.3) is 11.1 Å².